The Morgan fingerprint density at radius 2 is 1.56 bits per heavy atom. The van der Waals surface area contributed by atoms with Gasteiger partial charge in [-0.05, 0) is 42.5 Å². The Morgan fingerprint density at radius 3 is 2.28 bits per heavy atom. The van der Waals surface area contributed by atoms with Crippen LogP contribution in [0.5, 0.6) is 5.75 Å². The van der Waals surface area contributed by atoms with Gasteiger partial charge >= 0.3 is 0 Å². The van der Waals surface area contributed by atoms with Gasteiger partial charge in [-0.2, -0.15) is 0 Å². The molecule has 128 valence electrons. The van der Waals surface area contributed by atoms with E-state index >= 15 is 0 Å². The van der Waals surface area contributed by atoms with Gasteiger partial charge in [0.1, 0.15) is 12.4 Å². The van der Waals surface area contributed by atoms with Crippen molar-refractivity contribution in [3.05, 3.63) is 65.7 Å². The van der Waals surface area contributed by atoms with E-state index in [9.17, 15) is 8.42 Å². The Bertz CT molecular complexity index is 1050. The maximum absolute atomic E-state index is 12.9. The van der Waals surface area contributed by atoms with Crippen molar-refractivity contribution >= 4 is 26.5 Å². The summed E-state index contributed by atoms with van der Waals surface area (Å²) in [6.45, 7) is 4.57. The van der Waals surface area contributed by atoms with E-state index in [2.05, 4.69) is 0 Å². The molecule has 0 aromatic heterocycles. The average Bonchev–Trinajstić information content (AvgIpc) is 2.81. The number of aryl methyl sites for hydroxylation is 2. The molecule has 3 aromatic rings. The fourth-order valence-corrected chi connectivity index (χ4v) is 5.15. The zero-order valence-corrected chi connectivity index (χ0v) is 15.0. The Hall–Kier alpha value is -2.53. The van der Waals surface area contributed by atoms with E-state index in [1.165, 1.54) is 4.31 Å². The molecule has 0 unspecified atom stereocenters. The van der Waals surface area contributed by atoms with E-state index in [4.69, 9.17) is 4.74 Å². The largest absolute Gasteiger partial charge is 0.491 e. The number of para-hydroxylation sites is 1. The number of benzene rings is 3. The quantitative estimate of drug-likeness (QED) is 0.711. The van der Waals surface area contributed by atoms with Gasteiger partial charge in [-0.25, -0.2) is 8.42 Å². The summed E-state index contributed by atoms with van der Waals surface area (Å²) in [5.41, 5.74) is 2.84. The minimum atomic E-state index is -3.52. The van der Waals surface area contributed by atoms with Gasteiger partial charge in [0, 0.05) is 5.39 Å². The maximum Gasteiger partial charge on any atom is 0.265 e. The lowest BCUT2D eigenvalue weighted by Gasteiger charge is -2.20. The SMILES string of the molecule is Cc1cccc(C)c1OCCN1c2cccc3cccc(c23)S1(=O)=O. The average molecular weight is 353 g/mol. The van der Waals surface area contributed by atoms with Crippen LogP contribution in [0.1, 0.15) is 11.1 Å². The lowest BCUT2D eigenvalue weighted by Crippen LogP contribution is -2.31. The summed E-state index contributed by atoms with van der Waals surface area (Å²) in [5.74, 6) is 0.829. The highest BCUT2D eigenvalue weighted by Gasteiger charge is 2.35. The number of sulfonamides is 1. The first-order valence-electron chi connectivity index (χ1n) is 8.23. The van der Waals surface area contributed by atoms with Crippen molar-refractivity contribution < 1.29 is 13.2 Å². The van der Waals surface area contributed by atoms with Crippen molar-refractivity contribution in [2.75, 3.05) is 17.5 Å². The number of rotatable bonds is 4. The standard InChI is InChI=1S/C20H19NO3S/c1-14-6-3-7-15(2)20(14)24-13-12-21-17-10-4-8-16-9-5-11-18(19(16)17)25(21,22)23/h3-11H,12-13H2,1-2H3. The highest BCUT2D eigenvalue weighted by molar-refractivity contribution is 7.93. The first-order chi connectivity index (χ1) is 12.0. The minimum absolute atomic E-state index is 0.282. The lowest BCUT2D eigenvalue weighted by atomic mass is 10.1. The van der Waals surface area contributed by atoms with Crippen LogP contribution in [-0.2, 0) is 10.0 Å². The summed E-state index contributed by atoms with van der Waals surface area (Å²) < 4.78 is 33.2. The molecular weight excluding hydrogens is 334 g/mol. The van der Waals surface area contributed by atoms with Crippen molar-refractivity contribution in [2.24, 2.45) is 0 Å². The summed E-state index contributed by atoms with van der Waals surface area (Å²) in [6.07, 6.45) is 0. The molecule has 1 aliphatic heterocycles. The summed E-state index contributed by atoms with van der Waals surface area (Å²) >= 11 is 0. The molecule has 5 heteroatoms. The van der Waals surface area contributed by atoms with Crippen molar-refractivity contribution in [1.29, 1.82) is 0 Å². The van der Waals surface area contributed by atoms with E-state index in [0.29, 0.717) is 11.5 Å². The molecule has 0 radical (unpaired) electrons. The third-order valence-electron chi connectivity index (χ3n) is 4.63. The van der Waals surface area contributed by atoms with Crippen LogP contribution in [0.25, 0.3) is 10.8 Å². The monoisotopic (exact) mass is 353 g/mol. The summed E-state index contributed by atoms with van der Waals surface area (Å²) in [7, 11) is -3.52. The molecule has 25 heavy (non-hydrogen) atoms. The molecule has 0 aliphatic carbocycles. The van der Waals surface area contributed by atoms with Crippen molar-refractivity contribution in [2.45, 2.75) is 18.7 Å². The molecule has 0 fully saturated rings. The summed E-state index contributed by atoms with van der Waals surface area (Å²) in [5, 5.41) is 1.74. The third-order valence-corrected chi connectivity index (χ3v) is 6.49. The van der Waals surface area contributed by atoms with Gasteiger partial charge in [0.2, 0.25) is 0 Å². The van der Waals surface area contributed by atoms with Gasteiger partial charge in [0.15, 0.2) is 0 Å². The highest BCUT2D eigenvalue weighted by atomic mass is 32.2. The predicted octanol–water partition coefficient (Wildman–Crippen LogP) is 4.04. The van der Waals surface area contributed by atoms with Crippen LogP contribution in [-0.4, -0.2) is 21.6 Å². The van der Waals surface area contributed by atoms with Crippen LogP contribution >= 0.6 is 0 Å². The minimum Gasteiger partial charge on any atom is -0.491 e. The van der Waals surface area contributed by atoms with Gasteiger partial charge in [-0.1, -0.05) is 42.5 Å². The number of hydrogen-bond acceptors (Lipinski definition) is 3. The predicted molar refractivity (Wildman–Crippen MR) is 99.9 cm³/mol. The number of hydrogen-bond donors (Lipinski definition) is 0. The van der Waals surface area contributed by atoms with E-state index in [-0.39, 0.29) is 6.54 Å². The van der Waals surface area contributed by atoms with Crippen LogP contribution in [0.15, 0.2) is 59.5 Å². The molecule has 0 amide bonds. The molecule has 0 atom stereocenters. The second-order valence-corrected chi connectivity index (χ2v) is 8.11. The van der Waals surface area contributed by atoms with E-state index in [1.807, 2.05) is 56.3 Å². The van der Waals surface area contributed by atoms with Crippen molar-refractivity contribution in [3.8, 4) is 5.75 Å². The fraction of sp³-hybridized carbons (Fsp3) is 0.200. The normalized spacial score (nSPS) is 14.9. The summed E-state index contributed by atoms with van der Waals surface area (Å²) in [4.78, 5) is 0.382. The van der Waals surface area contributed by atoms with E-state index in [0.717, 1.165) is 33.3 Å². The van der Waals surface area contributed by atoms with Crippen molar-refractivity contribution in [3.63, 3.8) is 0 Å². The zero-order valence-electron chi connectivity index (χ0n) is 14.2. The lowest BCUT2D eigenvalue weighted by molar-refractivity contribution is 0.324. The Kier molecular flexibility index (Phi) is 3.69. The molecule has 0 saturated carbocycles. The molecule has 4 nitrogen and oxygen atoms in total. The molecular formula is C20H19NO3S. The Labute approximate surface area is 147 Å². The van der Waals surface area contributed by atoms with Gasteiger partial charge in [0.05, 0.1) is 17.1 Å². The second kappa shape index (κ2) is 5.77. The van der Waals surface area contributed by atoms with E-state index in [1.54, 1.807) is 12.1 Å². The highest BCUT2D eigenvalue weighted by Crippen LogP contribution is 2.41. The number of anilines is 1. The maximum atomic E-state index is 12.9. The topological polar surface area (TPSA) is 46.6 Å². The molecule has 0 bridgehead atoms. The van der Waals surface area contributed by atoms with Crippen LogP contribution in [0, 0.1) is 13.8 Å². The van der Waals surface area contributed by atoms with Crippen LogP contribution < -0.4 is 9.04 Å². The van der Waals surface area contributed by atoms with Crippen LogP contribution in [0.4, 0.5) is 5.69 Å². The van der Waals surface area contributed by atoms with Crippen molar-refractivity contribution in [1.82, 2.24) is 0 Å². The molecule has 4 rings (SSSR count). The Balaban J connectivity index is 1.63. The molecule has 1 heterocycles. The molecule has 0 saturated heterocycles. The smallest absolute Gasteiger partial charge is 0.265 e. The third kappa shape index (κ3) is 2.46. The van der Waals surface area contributed by atoms with Crippen LogP contribution in [0.3, 0.4) is 0 Å². The summed E-state index contributed by atoms with van der Waals surface area (Å²) in [6, 6.07) is 17.1. The fourth-order valence-electron chi connectivity index (χ4n) is 3.46. The molecule has 0 spiro atoms. The second-order valence-electron chi connectivity index (χ2n) is 6.28. The molecule has 1 aliphatic rings. The first-order valence-corrected chi connectivity index (χ1v) is 9.67. The number of nitrogens with zero attached hydrogens (tertiary/aromatic N) is 1. The van der Waals surface area contributed by atoms with Gasteiger partial charge in [-0.3, -0.25) is 4.31 Å². The first kappa shape index (κ1) is 16.0. The van der Waals surface area contributed by atoms with Crippen LogP contribution in [0.2, 0.25) is 0 Å². The Morgan fingerprint density at radius 1 is 0.920 bits per heavy atom. The zero-order chi connectivity index (χ0) is 17.6. The number of ether oxygens (including phenoxy) is 1. The molecule has 0 N–H and O–H groups in total. The van der Waals surface area contributed by atoms with Gasteiger partial charge in [0.25, 0.3) is 10.0 Å². The van der Waals surface area contributed by atoms with Gasteiger partial charge in [-0.15, -0.1) is 0 Å². The van der Waals surface area contributed by atoms with E-state index < -0.39 is 10.0 Å². The molecule has 3 aromatic carbocycles. The van der Waals surface area contributed by atoms with Gasteiger partial charge < -0.3 is 4.74 Å².